The second-order valence-electron chi connectivity index (χ2n) is 3.65. The first-order chi connectivity index (χ1) is 6.84. The van der Waals surface area contributed by atoms with Crippen molar-refractivity contribution in [3.05, 3.63) is 22.4 Å². The zero-order valence-electron chi connectivity index (χ0n) is 8.07. The Morgan fingerprint density at radius 3 is 3.21 bits per heavy atom. The van der Waals surface area contributed by atoms with Crippen LogP contribution in [0.15, 0.2) is 17.5 Å². The van der Waals surface area contributed by atoms with Crippen molar-refractivity contribution in [2.45, 2.75) is 38.4 Å². The third kappa shape index (κ3) is 2.66. The van der Waals surface area contributed by atoms with Gasteiger partial charge in [0.05, 0.1) is 12.7 Å². The Hall–Kier alpha value is -0.670. The molecule has 1 unspecified atom stereocenters. The Morgan fingerprint density at radius 1 is 1.57 bits per heavy atom. The number of hydrogen-bond acceptors (Lipinski definition) is 3. The molecule has 1 aliphatic rings. The zero-order valence-corrected chi connectivity index (χ0v) is 8.89. The van der Waals surface area contributed by atoms with Gasteiger partial charge in [0.2, 0.25) is 0 Å². The standard InChI is InChI=1S/C11H14O2S/c12-9-3-1-4-10(7-9)13-8-11-5-2-6-14-11/h2,5-6,10H,1,3-4,7-8H2. The van der Waals surface area contributed by atoms with Gasteiger partial charge in [0.15, 0.2) is 0 Å². The SMILES string of the molecule is O=C1CCCC(OCc2cccs2)C1. The lowest BCUT2D eigenvalue weighted by Gasteiger charge is -2.20. The fourth-order valence-corrected chi connectivity index (χ4v) is 2.35. The van der Waals surface area contributed by atoms with E-state index in [0.29, 0.717) is 18.8 Å². The maximum atomic E-state index is 11.2. The van der Waals surface area contributed by atoms with Gasteiger partial charge in [-0.25, -0.2) is 0 Å². The molecule has 1 saturated carbocycles. The molecule has 14 heavy (non-hydrogen) atoms. The largest absolute Gasteiger partial charge is 0.372 e. The van der Waals surface area contributed by atoms with Crippen molar-refractivity contribution in [1.29, 1.82) is 0 Å². The highest BCUT2D eigenvalue weighted by Gasteiger charge is 2.19. The van der Waals surface area contributed by atoms with E-state index >= 15 is 0 Å². The van der Waals surface area contributed by atoms with Gasteiger partial charge in [-0.1, -0.05) is 6.07 Å². The number of ketones is 1. The van der Waals surface area contributed by atoms with Gasteiger partial charge in [-0.3, -0.25) is 4.79 Å². The Morgan fingerprint density at radius 2 is 2.50 bits per heavy atom. The summed E-state index contributed by atoms with van der Waals surface area (Å²) in [7, 11) is 0. The summed E-state index contributed by atoms with van der Waals surface area (Å²) in [6.45, 7) is 0.662. The van der Waals surface area contributed by atoms with Crippen molar-refractivity contribution in [2.24, 2.45) is 0 Å². The highest BCUT2D eigenvalue weighted by Crippen LogP contribution is 2.20. The molecule has 0 N–H and O–H groups in total. The van der Waals surface area contributed by atoms with Crippen molar-refractivity contribution < 1.29 is 9.53 Å². The summed E-state index contributed by atoms with van der Waals surface area (Å²) in [5.41, 5.74) is 0. The molecule has 0 bridgehead atoms. The molecule has 1 heterocycles. The number of carbonyl (C=O) groups excluding carboxylic acids is 1. The molecule has 0 spiro atoms. The Bertz CT molecular complexity index is 292. The highest BCUT2D eigenvalue weighted by atomic mass is 32.1. The molecule has 1 aliphatic carbocycles. The van der Waals surface area contributed by atoms with E-state index in [9.17, 15) is 4.79 Å². The van der Waals surface area contributed by atoms with Gasteiger partial charge in [-0.05, 0) is 24.3 Å². The number of thiophene rings is 1. The summed E-state index contributed by atoms with van der Waals surface area (Å²) in [4.78, 5) is 12.4. The second-order valence-corrected chi connectivity index (χ2v) is 4.68. The number of rotatable bonds is 3. The van der Waals surface area contributed by atoms with Crippen LogP contribution >= 0.6 is 11.3 Å². The lowest BCUT2D eigenvalue weighted by molar-refractivity contribution is -0.124. The van der Waals surface area contributed by atoms with Crippen LogP contribution in [0.5, 0.6) is 0 Å². The monoisotopic (exact) mass is 210 g/mol. The van der Waals surface area contributed by atoms with E-state index in [0.717, 1.165) is 19.3 Å². The van der Waals surface area contributed by atoms with Gasteiger partial charge in [0.25, 0.3) is 0 Å². The van der Waals surface area contributed by atoms with Crippen molar-refractivity contribution in [3.8, 4) is 0 Å². The summed E-state index contributed by atoms with van der Waals surface area (Å²) >= 11 is 1.70. The molecular formula is C11H14O2S. The lowest BCUT2D eigenvalue weighted by atomic mass is 9.96. The van der Waals surface area contributed by atoms with E-state index in [2.05, 4.69) is 6.07 Å². The van der Waals surface area contributed by atoms with E-state index < -0.39 is 0 Å². The average molecular weight is 210 g/mol. The molecule has 2 rings (SSSR count). The van der Waals surface area contributed by atoms with Gasteiger partial charge in [0, 0.05) is 17.7 Å². The van der Waals surface area contributed by atoms with Gasteiger partial charge in [-0.2, -0.15) is 0 Å². The fraction of sp³-hybridized carbons (Fsp3) is 0.545. The van der Waals surface area contributed by atoms with E-state index in [1.807, 2.05) is 11.4 Å². The van der Waals surface area contributed by atoms with Crippen molar-refractivity contribution in [3.63, 3.8) is 0 Å². The predicted octanol–water partition coefficient (Wildman–Crippen LogP) is 2.78. The molecule has 76 valence electrons. The van der Waals surface area contributed by atoms with E-state index in [1.54, 1.807) is 11.3 Å². The van der Waals surface area contributed by atoms with Crippen LogP contribution in [-0.4, -0.2) is 11.9 Å². The summed E-state index contributed by atoms with van der Waals surface area (Å²) < 4.78 is 5.69. The third-order valence-electron chi connectivity index (χ3n) is 2.48. The number of hydrogen-bond donors (Lipinski definition) is 0. The zero-order chi connectivity index (χ0) is 9.80. The summed E-state index contributed by atoms with van der Waals surface area (Å²) in [5.74, 6) is 0.354. The Labute approximate surface area is 87.9 Å². The van der Waals surface area contributed by atoms with Crippen LogP contribution in [-0.2, 0) is 16.1 Å². The van der Waals surface area contributed by atoms with Crippen LogP contribution in [0.4, 0.5) is 0 Å². The van der Waals surface area contributed by atoms with Gasteiger partial charge in [-0.15, -0.1) is 11.3 Å². The van der Waals surface area contributed by atoms with Crippen LogP contribution in [0.3, 0.4) is 0 Å². The van der Waals surface area contributed by atoms with Crippen LogP contribution < -0.4 is 0 Å². The summed E-state index contributed by atoms with van der Waals surface area (Å²) in [6.07, 6.45) is 3.56. The normalized spacial score (nSPS) is 22.6. The third-order valence-corrected chi connectivity index (χ3v) is 3.33. The predicted molar refractivity (Wildman–Crippen MR) is 56.4 cm³/mol. The van der Waals surface area contributed by atoms with Crippen LogP contribution in [0.1, 0.15) is 30.6 Å². The summed E-state index contributed by atoms with van der Waals surface area (Å²) in [5, 5.41) is 2.05. The van der Waals surface area contributed by atoms with E-state index in [-0.39, 0.29) is 6.10 Å². The Balaban J connectivity index is 1.77. The van der Waals surface area contributed by atoms with Crippen molar-refractivity contribution in [1.82, 2.24) is 0 Å². The van der Waals surface area contributed by atoms with E-state index in [4.69, 9.17) is 4.74 Å². The first kappa shape index (κ1) is 9.87. The molecule has 2 nitrogen and oxygen atoms in total. The molecule has 1 fully saturated rings. The van der Waals surface area contributed by atoms with Crippen LogP contribution in [0, 0.1) is 0 Å². The topological polar surface area (TPSA) is 26.3 Å². The minimum atomic E-state index is 0.165. The minimum Gasteiger partial charge on any atom is -0.372 e. The first-order valence-electron chi connectivity index (χ1n) is 5.00. The maximum Gasteiger partial charge on any atom is 0.135 e. The lowest BCUT2D eigenvalue weighted by Crippen LogP contribution is -2.22. The first-order valence-corrected chi connectivity index (χ1v) is 5.88. The molecule has 1 aromatic heterocycles. The molecule has 0 radical (unpaired) electrons. The molecule has 0 amide bonds. The molecule has 3 heteroatoms. The number of Topliss-reactive ketones (excluding diaryl/α,β-unsaturated/α-hetero) is 1. The maximum absolute atomic E-state index is 11.2. The van der Waals surface area contributed by atoms with Gasteiger partial charge >= 0.3 is 0 Å². The Kier molecular flexibility index (Phi) is 3.32. The molecule has 0 aromatic carbocycles. The summed E-state index contributed by atoms with van der Waals surface area (Å²) in [6, 6.07) is 4.09. The van der Waals surface area contributed by atoms with Crippen LogP contribution in [0.25, 0.3) is 0 Å². The molecular weight excluding hydrogens is 196 g/mol. The number of ether oxygens (including phenoxy) is 1. The molecule has 1 aromatic rings. The molecule has 1 atom stereocenters. The fourth-order valence-electron chi connectivity index (χ4n) is 1.72. The van der Waals surface area contributed by atoms with E-state index in [1.165, 1.54) is 4.88 Å². The van der Waals surface area contributed by atoms with Crippen molar-refractivity contribution in [2.75, 3.05) is 0 Å². The molecule has 0 saturated heterocycles. The highest BCUT2D eigenvalue weighted by molar-refractivity contribution is 7.09. The van der Waals surface area contributed by atoms with Gasteiger partial charge < -0.3 is 4.74 Å². The van der Waals surface area contributed by atoms with Gasteiger partial charge in [0.1, 0.15) is 5.78 Å². The van der Waals surface area contributed by atoms with Crippen LogP contribution in [0.2, 0.25) is 0 Å². The smallest absolute Gasteiger partial charge is 0.135 e. The quantitative estimate of drug-likeness (QED) is 0.766. The number of carbonyl (C=O) groups is 1. The average Bonchev–Trinajstić information content (AvgIpc) is 2.67. The molecule has 0 aliphatic heterocycles. The minimum absolute atomic E-state index is 0.165. The second kappa shape index (κ2) is 4.71. The van der Waals surface area contributed by atoms with Crippen molar-refractivity contribution >= 4 is 17.1 Å².